The minimum absolute atomic E-state index is 0.160. The maximum atomic E-state index is 10.8. The highest BCUT2D eigenvalue weighted by atomic mass is 16.4. The van der Waals surface area contributed by atoms with Gasteiger partial charge >= 0.3 is 5.97 Å². The van der Waals surface area contributed by atoms with Crippen molar-refractivity contribution in [2.45, 2.75) is 19.9 Å². The average molecular weight is 261 g/mol. The number of aromatic nitrogens is 1. The zero-order valence-electron chi connectivity index (χ0n) is 10.5. The predicted molar refractivity (Wildman–Crippen MR) is 71.0 cm³/mol. The maximum absolute atomic E-state index is 10.8. The van der Waals surface area contributed by atoms with Crippen molar-refractivity contribution in [3.05, 3.63) is 41.6 Å². The van der Waals surface area contributed by atoms with Crippen LogP contribution in [-0.4, -0.2) is 16.1 Å². The Bertz CT molecular complexity index is 593. The molecule has 2 rings (SSSR count). The van der Waals surface area contributed by atoms with E-state index in [9.17, 15) is 4.79 Å². The minimum Gasteiger partial charge on any atom is -0.478 e. The van der Waals surface area contributed by atoms with Gasteiger partial charge in [0.05, 0.1) is 29.7 Å². The van der Waals surface area contributed by atoms with E-state index in [-0.39, 0.29) is 5.56 Å². The Morgan fingerprint density at radius 3 is 2.89 bits per heavy atom. The first-order valence-electron chi connectivity index (χ1n) is 5.90. The van der Waals surface area contributed by atoms with Gasteiger partial charge in [0.25, 0.3) is 0 Å². The van der Waals surface area contributed by atoms with Gasteiger partial charge in [0, 0.05) is 6.42 Å². The van der Waals surface area contributed by atoms with Gasteiger partial charge < -0.3 is 20.6 Å². The first-order valence-corrected chi connectivity index (χ1v) is 5.90. The summed E-state index contributed by atoms with van der Waals surface area (Å²) in [6.45, 7) is 2.39. The largest absolute Gasteiger partial charge is 0.478 e. The second-order valence-corrected chi connectivity index (χ2v) is 4.03. The molecule has 1 aromatic carbocycles. The van der Waals surface area contributed by atoms with Crippen molar-refractivity contribution in [2.24, 2.45) is 0 Å². The number of carbonyl (C=O) groups is 1. The van der Waals surface area contributed by atoms with Gasteiger partial charge in [0.1, 0.15) is 5.76 Å². The fourth-order valence-electron chi connectivity index (χ4n) is 1.62. The monoisotopic (exact) mass is 261 g/mol. The molecule has 1 aromatic heterocycles. The van der Waals surface area contributed by atoms with Gasteiger partial charge in [-0.25, -0.2) is 9.78 Å². The molecule has 0 saturated heterocycles. The highest BCUT2D eigenvalue weighted by Crippen LogP contribution is 2.20. The van der Waals surface area contributed by atoms with Crippen LogP contribution in [0.5, 0.6) is 0 Å². The van der Waals surface area contributed by atoms with Crippen molar-refractivity contribution in [1.82, 2.24) is 4.98 Å². The summed E-state index contributed by atoms with van der Waals surface area (Å²) in [6, 6.07) is 4.54. The molecule has 6 nitrogen and oxygen atoms in total. The molecule has 0 aliphatic carbocycles. The van der Waals surface area contributed by atoms with Crippen molar-refractivity contribution < 1.29 is 14.3 Å². The predicted octanol–water partition coefficient (Wildman–Crippen LogP) is 2.13. The Morgan fingerprint density at radius 1 is 1.53 bits per heavy atom. The SMILES string of the molecule is CCc1cnc(CNc2ccc(C(=O)O)cc2N)o1. The lowest BCUT2D eigenvalue weighted by atomic mass is 10.2. The van der Waals surface area contributed by atoms with Crippen molar-refractivity contribution in [1.29, 1.82) is 0 Å². The van der Waals surface area contributed by atoms with Crippen LogP contribution >= 0.6 is 0 Å². The molecule has 19 heavy (non-hydrogen) atoms. The van der Waals surface area contributed by atoms with Crippen LogP contribution in [0.4, 0.5) is 11.4 Å². The molecule has 0 fully saturated rings. The lowest BCUT2D eigenvalue weighted by molar-refractivity contribution is 0.0697. The van der Waals surface area contributed by atoms with Crippen LogP contribution in [0, 0.1) is 0 Å². The molecule has 0 aliphatic heterocycles. The Kier molecular flexibility index (Phi) is 3.70. The van der Waals surface area contributed by atoms with E-state index in [1.165, 1.54) is 12.1 Å². The molecule has 0 aliphatic rings. The van der Waals surface area contributed by atoms with Crippen LogP contribution in [-0.2, 0) is 13.0 Å². The van der Waals surface area contributed by atoms with E-state index >= 15 is 0 Å². The number of anilines is 2. The number of carboxylic acids is 1. The summed E-state index contributed by atoms with van der Waals surface area (Å²) >= 11 is 0. The molecule has 6 heteroatoms. The number of nitrogens with two attached hydrogens (primary N) is 1. The van der Waals surface area contributed by atoms with Crippen molar-refractivity contribution >= 4 is 17.3 Å². The van der Waals surface area contributed by atoms with E-state index in [1.54, 1.807) is 12.3 Å². The molecule has 0 spiro atoms. The smallest absolute Gasteiger partial charge is 0.335 e. The van der Waals surface area contributed by atoms with Gasteiger partial charge in [-0.2, -0.15) is 0 Å². The third-order valence-electron chi connectivity index (χ3n) is 2.68. The lowest BCUT2D eigenvalue weighted by Gasteiger charge is -2.08. The van der Waals surface area contributed by atoms with Crippen LogP contribution in [0.1, 0.15) is 28.9 Å². The fourth-order valence-corrected chi connectivity index (χ4v) is 1.62. The first kappa shape index (κ1) is 12.9. The minimum atomic E-state index is -1.00. The zero-order chi connectivity index (χ0) is 13.8. The van der Waals surface area contributed by atoms with E-state index in [0.29, 0.717) is 23.8 Å². The number of nitrogens with zero attached hydrogens (tertiary/aromatic N) is 1. The second-order valence-electron chi connectivity index (χ2n) is 4.03. The number of hydrogen-bond donors (Lipinski definition) is 3. The number of aromatic carboxylic acids is 1. The molecule has 0 radical (unpaired) electrons. The molecule has 0 atom stereocenters. The van der Waals surface area contributed by atoms with Gasteiger partial charge in [0.2, 0.25) is 5.89 Å². The number of benzene rings is 1. The van der Waals surface area contributed by atoms with Gasteiger partial charge in [-0.1, -0.05) is 6.92 Å². The Morgan fingerprint density at radius 2 is 2.32 bits per heavy atom. The molecular weight excluding hydrogens is 246 g/mol. The van der Waals surface area contributed by atoms with Crippen LogP contribution in [0.25, 0.3) is 0 Å². The summed E-state index contributed by atoms with van der Waals surface area (Å²) < 4.78 is 5.45. The molecule has 2 aromatic rings. The Labute approximate surface area is 110 Å². The van der Waals surface area contributed by atoms with Crippen LogP contribution in [0.15, 0.2) is 28.8 Å². The molecule has 100 valence electrons. The standard InChI is InChI=1S/C13H15N3O3/c1-2-9-6-16-12(19-9)7-15-11-4-3-8(13(17)18)5-10(11)14/h3-6,15H,2,7,14H2,1H3,(H,17,18). The van der Waals surface area contributed by atoms with E-state index in [0.717, 1.165) is 12.2 Å². The molecule has 0 bridgehead atoms. The van der Waals surface area contributed by atoms with Crippen molar-refractivity contribution in [3.8, 4) is 0 Å². The highest BCUT2D eigenvalue weighted by Gasteiger charge is 2.07. The number of hydrogen-bond acceptors (Lipinski definition) is 5. The Hall–Kier alpha value is -2.50. The molecule has 0 amide bonds. The molecule has 4 N–H and O–H groups in total. The van der Waals surface area contributed by atoms with E-state index in [4.69, 9.17) is 15.3 Å². The summed E-state index contributed by atoms with van der Waals surface area (Å²) in [7, 11) is 0. The zero-order valence-corrected chi connectivity index (χ0v) is 10.5. The lowest BCUT2D eigenvalue weighted by Crippen LogP contribution is -2.04. The number of oxazole rings is 1. The van der Waals surface area contributed by atoms with Gasteiger partial charge in [-0.3, -0.25) is 0 Å². The van der Waals surface area contributed by atoms with Crippen LogP contribution < -0.4 is 11.1 Å². The quantitative estimate of drug-likeness (QED) is 0.713. The first-order chi connectivity index (χ1) is 9.10. The number of carboxylic acid groups (broad SMARTS) is 1. The fraction of sp³-hybridized carbons (Fsp3) is 0.231. The Balaban J connectivity index is 2.05. The van der Waals surface area contributed by atoms with Crippen LogP contribution in [0.2, 0.25) is 0 Å². The summed E-state index contributed by atoms with van der Waals surface area (Å²) in [5, 5.41) is 11.9. The van der Waals surface area contributed by atoms with E-state index < -0.39 is 5.97 Å². The number of nitrogens with one attached hydrogen (secondary N) is 1. The number of rotatable bonds is 5. The third-order valence-corrected chi connectivity index (χ3v) is 2.68. The molecular formula is C13H15N3O3. The summed E-state index contributed by atoms with van der Waals surface area (Å²) in [4.78, 5) is 14.9. The van der Waals surface area contributed by atoms with E-state index in [2.05, 4.69) is 10.3 Å². The number of aryl methyl sites for hydroxylation is 1. The summed E-state index contributed by atoms with van der Waals surface area (Å²) in [5.74, 6) is 0.392. The van der Waals surface area contributed by atoms with Crippen molar-refractivity contribution in [3.63, 3.8) is 0 Å². The average Bonchev–Trinajstić information content (AvgIpc) is 2.85. The molecule has 0 unspecified atom stereocenters. The van der Waals surface area contributed by atoms with E-state index in [1.807, 2.05) is 6.92 Å². The number of nitrogen functional groups attached to an aromatic ring is 1. The maximum Gasteiger partial charge on any atom is 0.335 e. The topological polar surface area (TPSA) is 101 Å². The highest BCUT2D eigenvalue weighted by molar-refractivity contribution is 5.90. The normalized spacial score (nSPS) is 10.4. The van der Waals surface area contributed by atoms with Crippen LogP contribution in [0.3, 0.4) is 0 Å². The van der Waals surface area contributed by atoms with Gasteiger partial charge in [-0.15, -0.1) is 0 Å². The molecule has 1 heterocycles. The third kappa shape index (κ3) is 3.04. The summed E-state index contributed by atoms with van der Waals surface area (Å²) in [6.07, 6.45) is 2.48. The van der Waals surface area contributed by atoms with Gasteiger partial charge in [-0.05, 0) is 18.2 Å². The second kappa shape index (κ2) is 5.43. The molecule has 0 saturated carbocycles. The van der Waals surface area contributed by atoms with Gasteiger partial charge in [0.15, 0.2) is 0 Å². The summed E-state index contributed by atoms with van der Waals surface area (Å²) in [5.41, 5.74) is 6.97. The van der Waals surface area contributed by atoms with Crippen molar-refractivity contribution in [2.75, 3.05) is 11.1 Å².